The topological polar surface area (TPSA) is 64.1 Å². The van der Waals surface area contributed by atoms with Gasteiger partial charge >= 0.3 is 0 Å². The SMILES string of the molecule is CC(C)(C)c1ccc(-n2c(-c3ccccc3O)nc3c(-c4cc(-c5nccc6c5oc5cc7ccccc7cc56)cc(C(C)(C)c5ccccc5)c4)cccc32)c(-c2ccccc2)c1. The molecule has 0 amide bonds. The number of hydrogen-bond acceptors (Lipinski definition) is 4. The zero-order valence-corrected chi connectivity index (χ0v) is 36.6. The highest BCUT2D eigenvalue weighted by molar-refractivity contribution is 6.12. The van der Waals surface area contributed by atoms with Crippen molar-refractivity contribution in [2.75, 3.05) is 0 Å². The lowest BCUT2D eigenvalue weighted by Gasteiger charge is -2.27. The third-order valence-corrected chi connectivity index (χ3v) is 13.0. The molecule has 0 bridgehead atoms. The predicted octanol–water partition coefficient (Wildman–Crippen LogP) is 15.5. The summed E-state index contributed by atoms with van der Waals surface area (Å²) < 4.78 is 9.00. The Morgan fingerprint density at radius 2 is 1.20 bits per heavy atom. The minimum Gasteiger partial charge on any atom is -0.507 e. The van der Waals surface area contributed by atoms with E-state index in [0.717, 1.165) is 83.1 Å². The molecule has 5 heteroatoms. The standard InChI is InChI=1S/C59H47N3O2/c1-58(2,3)43-27-28-50(48(36-43)37-17-8-6-9-18-37)62-51-25-16-24-45(55(51)61-57(62)47-23-14-15-26-52(47)63)40-31-41(33-44(32-40)59(4,5)42-21-10-7-11-22-42)54-56-46(29-30-60-54)49-34-38-19-12-13-20-39(38)35-53(49)64-56/h6-36,63H,1-5H3. The molecule has 0 aliphatic rings. The molecule has 0 fully saturated rings. The molecule has 0 saturated carbocycles. The van der Waals surface area contributed by atoms with Crippen LogP contribution in [-0.2, 0) is 10.8 Å². The highest BCUT2D eigenvalue weighted by Crippen LogP contribution is 2.44. The number of phenolic OH excluding ortho intramolecular Hbond substituents is 1. The summed E-state index contributed by atoms with van der Waals surface area (Å²) in [6.45, 7) is 11.3. The van der Waals surface area contributed by atoms with E-state index >= 15 is 0 Å². The lowest BCUT2D eigenvalue weighted by atomic mass is 9.76. The first kappa shape index (κ1) is 39.1. The number of pyridine rings is 1. The van der Waals surface area contributed by atoms with Gasteiger partial charge in [-0.3, -0.25) is 9.55 Å². The molecule has 0 radical (unpaired) electrons. The smallest absolute Gasteiger partial charge is 0.161 e. The van der Waals surface area contributed by atoms with Gasteiger partial charge in [0, 0.05) is 39.1 Å². The summed E-state index contributed by atoms with van der Waals surface area (Å²) in [5.41, 5.74) is 14.0. The van der Waals surface area contributed by atoms with E-state index in [-0.39, 0.29) is 16.6 Å². The molecule has 0 spiro atoms. The summed E-state index contributed by atoms with van der Waals surface area (Å²) in [4.78, 5) is 10.6. The van der Waals surface area contributed by atoms with Crippen molar-refractivity contribution in [2.45, 2.75) is 45.4 Å². The maximum atomic E-state index is 11.5. The molecule has 310 valence electrons. The van der Waals surface area contributed by atoms with Gasteiger partial charge in [0.25, 0.3) is 0 Å². The van der Waals surface area contributed by atoms with Gasteiger partial charge in [-0.05, 0) is 105 Å². The molecule has 0 unspecified atom stereocenters. The van der Waals surface area contributed by atoms with Crippen LogP contribution in [-0.4, -0.2) is 19.6 Å². The molecule has 11 rings (SSSR count). The van der Waals surface area contributed by atoms with E-state index in [4.69, 9.17) is 14.4 Å². The normalized spacial score (nSPS) is 12.2. The molecule has 0 aliphatic carbocycles. The Morgan fingerprint density at radius 1 is 0.516 bits per heavy atom. The number of aromatic hydroxyl groups is 1. The quantitative estimate of drug-likeness (QED) is 0.174. The van der Waals surface area contributed by atoms with Crippen molar-refractivity contribution in [1.82, 2.24) is 14.5 Å². The van der Waals surface area contributed by atoms with Gasteiger partial charge in [0.15, 0.2) is 5.58 Å². The van der Waals surface area contributed by atoms with Gasteiger partial charge in [0.2, 0.25) is 0 Å². The number of fused-ring (bicyclic) bond motifs is 5. The number of imidazole rings is 1. The number of furan rings is 1. The van der Waals surface area contributed by atoms with Crippen molar-refractivity contribution < 1.29 is 9.52 Å². The van der Waals surface area contributed by atoms with Crippen LogP contribution in [0, 0.1) is 0 Å². The molecular weight excluding hydrogens is 783 g/mol. The van der Waals surface area contributed by atoms with Crippen LogP contribution in [0.15, 0.2) is 193 Å². The molecule has 3 aromatic heterocycles. The van der Waals surface area contributed by atoms with Gasteiger partial charge < -0.3 is 9.52 Å². The van der Waals surface area contributed by atoms with Crippen LogP contribution in [0.4, 0.5) is 0 Å². The molecule has 3 heterocycles. The van der Waals surface area contributed by atoms with Crippen LogP contribution in [0.3, 0.4) is 0 Å². The second-order valence-corrected chi connectivity index (χ2v) is 18.4. The van der Waals surface area contributed by atoms with Crippen molar-refractivity contribution in [2.24, 2.45) is 0 Å². The predicted molar refractivity (Wildman–Crippen MR) is 264 cm³/mol. The molecule has 0 aliphatic heterocycles. The van der Waals surface area contributed by atoms with E-state index in [2.05, 4.69) is 197 Å². The van der Waals surface area contributed by atoms with Crippen LogP contribution in [0.1, 0.15) is 51.3 Å². The van der Waals surface area contributed by atoms with E-state index < -0.39 is 0 Å². The largest absolute Gasteiger partial charge is 0.507 e. The first-order chi connectivity index (χ1) is 31.0. The van der Waals surface area contributed by atoms with Crippen molar-refractivity contribution >= 4 is 43.7 Å². The summed E-state index contributed by atoms with van der Waals surface area (Å²) in [7, 11) is 0. The van der Waals surface area contributed by atoms with Crippen LogP contribution in [0.25, 0.3) is 94.3 Å². The third-order valence-electron chi connectivity index (χ3n) is 13.0. The second-order valence-electron chi connectivity index (χ2n) is 18.4. The fourth-order valence-corrected chi connectivity index (χ4v) is 9.36. The Bertz CT molecular complexity index is 3570. The highest BCUT2D eigenvalue weighted by atomic mass is 16.3. The molecular formula is C59H47N3O2. The average Bonchev–Trinajstić information content (AvgIpc) is 3.89. The zero-order valence-electron chi connectivity index (χ0n) is 36.6. The Hall–Kier alpha value is -7.76. The summed E-state index contributed by atoms with van der Waals surface area (Å²) in [5.74, 6) is 0.823. The lowest BCUT2D eigenvalue weighted by Crippen LogP contribution is -2.19. The molecule has 1 N–H and O–H groups in total. The second kappa shape index (κ2) is 15.0. The van der Waals surface area contributed by atoms with Gasteiger partial charge in [-0.1, -0.05) is 156 Å². The first-order valence-corrected chi connectivity index (χ1v) is 21.9. The molecule has 64 heavy (non-hydrogen) atoms. The summed E-state index contributed by atoms with van der Waals surface area (Å²) >= 11 is 0. The maximum absolute atomic E-state index is 11.5. The Labute approximate surface area is 373 Å². The number of aromatic nitrogens is 3. The highest BCUT2D eigenvalue weighted by Gasteiger charge is 2.28. The van der Waals surface area contributed by atoms with Crippen molar-refractivity contribution in [1.29, 1.82) is 0 Å². The molecule has 11 aromatic rings. The van der Waals surface area contributed by atoms with Crippen molar-refractivity contribution in [3.05, 3.63) is 205 Å². The number of nitrogens with zero attached hydrogens (tertiary/aromatic N) is 3. The van der Waals surface area contributed by atoms with Gasteiger partial charge in [-0.15, -0.1) is 0 Å². The zero-order chi connectivity index (χ0) is 43.7. The number of benzene rings is 8. The Kier molecular flexibility index (Phi) is 9.14. The van der Waals surface area contributed by atoms with E-state index in [0.29, 0.717) is 11.4 Å². The number of phenols is 1. The van der Waals surface area contributed by atoms with E-state index in [1.807, 2.05) is 24.4 Å². The molecule has 0 atom stereocenters. The summed E-state index contributed by atoms with van der Waals surface area (Å²) in [6, 6.07) is 63.5. The van der Waals surface area contributed by atoms with Crippen LogP contribution in [0.5, 0.6) is 5.75 Å². The Morgan fingerprint density at radius 3 is 1.97 bits per heavy atom. The van der Waals surface area contributed by atoms with Gasteiger partial charge in [-0.2, -0.15) is 0 Å². The van der Waals surface area contributed by atoms with E-state index in [1.54, 1.807) is 6.07 Å². The average molecular weight is 830 g/mol. The molecule has 8 aromatic carbocycles. The molecule has 0 saturated heterocycles. The van der Waals surface area contributed by atoms with Crippen molar-refractivity contribution in [3.63, 3.8) is 0 Å². The van der Waals surface area contributed by atoms with Gasteiger partial charge in [-0.25, -0.2) is 4.98 Å². The number of para-hydroxylation sites is 2. The Balaban J connectivity index is 1.19. The van der Waals surface area contributed by atoms with Crippen LogP contribution < -0.4 is 0 Å². The first-order valence-electron chi connectivity index (χ1n) is 21.9. The fourth-order valence-electron chi connectivity index (χ4n) is 9.36. The monoisotopic (exact) mass is 829 g/mol. The molecule has 5 nitrogen and oxygen atoms in total. The van der Waals surface area contributed by atoms with Crippen LogP contribution in [0.2, 0.25) is 0 Å². The fraction of sp³-hybridized carbons (Fsp3) is 0.119. The van der Waals surface area contributed by atoms with Crippen LogP contribution >= 0.6 is 0 Å². The van der Waals surface area contributed by atoms with Gasteiger partial charge in [0.1, 0.15) is 22.9 Å². The summed E-state index contributed by atoms with van der Waals surface area (Å²) in [6.07, 6.45) is 1.90. The lowest BCUT2D eigenvalue weighted by molar-refractivity contribution is 0.477. The van der Waals surface area contributed by atoms with E-state index in [1.165, 1.54) is 16.5 Å². The summed E-state index contributed by atoms with van der Waals surface area (Å²) in [5, 5.41) is 15.9. The van der Waals surface area contributed by atoms with E-state index in [9.17, 15) is 5.11 Å². The minimum atomic E-state index is -0.376. The maximum Gasteiger partial charge on any atom is 0.161 e. The van der Waals surface area contributed by atoms with Gasteiger partial charge in [0.05, 0.1) is 22.3 Å². The number of hydrogen-bond donors (Lipinski definition) is 1. The van der Waals surface area contributed by atoms with Crippen molar-refractivity contribution in [3.8, 4) is 56.3 Å². The third kappa shape index (κ3) is 6.55. The number of rotatable bonds is 7. The minimum absolute atomic E-state index is 0.0708.